The van der Waals surface area contributed by atoms with E-state index in [-0.39, 0.29) is 12.4 Å². The molecular formula is C4H6ClN3O3. The van der Waals surface area contributed by atoms with Gasteiger partial charge in [-0.1, -0.05) is 10.2 Å². The predicted octanol–water partition coefficient (Wildman–Crippen LogP) is 1.06. The van der Waals surface area contributed by atoms with Gasteiger partial charge in [-0.3, -0.25) is 0 Å². The van der Waals surface area contributed by atoms with Gasteiger partial charge in [-0.05, 0) is 0 Å². The third-order valence-corrected chi connectivity index (χ3v) is 0.786. The molecule has 0 heterocycles. The maximum absolute atomic E-state index is 10.4. The molecule has 0 spiro atoms. The summed E-state index contributed by atoms with van der Waals surface area (Å²) in [5.74, 6) is 0.244. The van der Waals surface area contributed by atoms with Crippen LogP contribution in [0.25, 0.3) is 0 Å². The van der Waals surface area contributed by atoms with Crippen LogP contribution in [0.1, 0.15) is 0 Å². The molecule has 6 nitrogen and oxygen atoms in total. The van der Waals surface area contributed by atoms with Gasteiger partial charge in [-0.2, -0.15) is 0 Å². The minimum Gasteiger partial charge on any atom is -0.462 e. The van der Waals surface area contributed by atoms with Gasteiger partial charge in [0.2, 0.25) is 0 Å². The fourth-order valence-electron chi connectivity index (χ4n) is 0.278. The first kappa shape index (κ1) is 9.83. The van der Waals surface area contributed by atoms with Gasteiger partial charge in [-0.25, -0.2) is 9.59 Å². The lowest BCUT2D eigenvalue weighted by Crippen LogP contribution is -2.21. The van der Waals surface area contributed by atoms with Crippen molar-refractivity contribution in [1.82, 2.24) is 5.32 Å². The van der Waals surface area contributed by atoms with E-state index in [0.717, 1.165) is 0 Å². The highest BCUT2D eigenvalue weighted by Crippen LogP contribution is 1.80. The number of urea groups is 1. The van der Waals surface area contributed by atoms with Gasteiger partial charge in [-0.15, -0.1) is 11.6 Å². The zero-order chi connectivity index (χ0) is 8.69. The lowest BCUT2D eigenvalue weighted by molar-refractivity contribution is 0.202. The van der Waals surface area contributed by atoms with Crippen molar-refractivity contribution >= 4 is 23.7 Å². The van der Waals surface area contributed by atoms with Crippen molar-refractivity contribution in [2.75, 3.05) is 12.4 Å². The normalized spacial score (nSPS) is 9.91. The highest BCUT2D eigenvalue weighted by atomic mass is 35.5. The molecule has 0 aromatic rings. The summed E-state index contributed by atoms with van der Waals surface area (Å²) in [5.41, 5.74) is 0. The molecule has 0 saturated heterocycles. The second-order valence-electron chi connectivity index (χ2n) is 1.40. The van der Waals surface area contributed by atoms with Crippen LogP contribution in [0, 0.1) is 0 Å². The third kappa shape index (κ3) is 6.72. The van der Waals surface area contributed by atoms with Gasteiger partial charge in [0, 0.05) is 12.4 Å². The summed E-state index contributed by atoms with van der Waals surface area (Å²) in [6.45, 7) is 0.235. The molecule has 0 aromatic heterocycles. The fourth-order valence-corrected chi connectivity index (χ4v) is 0.372. The van der Waals surface area contributed by atoms with Crippen molar-refractivity contribution in [3.63, 3.8) is 0 Å². The zero-order valence-corrected chi connectivity index (χ0v) is 6.21. The van der Waals surface area contributed by atoms with Crippen LogP contribution in [-0.4, -0.2) is 29.7 Å². The number of carboxylic acid groups (broad SMARTS) is 1. The molecule has 0 saturated carbocycles. The van der Waals surface area contributed by atoms with Crippen LogP contribution in [0.5, 0.6) is 0 Å². The zero-order valence-electron chi connectivity index (χ0n) is 5.45. The first-order valence-corrected chi connectivity index (χ1v) is 3.18. The van der Waals surface area contributed by atoms with Crippen molar-refractivity contribution in [1.29, 1.82) is 0 Å². The number of azo groups is 1. The molecule has 0 aromatic carbocycles. The van der Waals surface area contributed by atoms with Crippen molar-refractivity contribution in [3.05, 3.63) is 0 Å². The minimum absolute atomic E-state index is 0.235. The Kier molecular flexibility index (Phi) is 5.01. The summed E-state index contributed by atoms with van der Waals surface area (Å²) in [6, 6.07) is -0.812. The molecule has 0 aliphatic rings. The van der Waals surface area contributed by atoms with Gasteiger partial charge in [0.25, 0.3) is 0 Å². The smallest absolute Gasteiger partial charge is 0.450 e. The Labute approximate surface area is 67.3 Å². The molecule has 2 N–H and O–H groups in total. The Bertz CT molecular complexity index is 181. The first-order chi connectivity index (χ1) is 5.16. The van der Waals surface area contributed by atoms with Crippen molar-refractivity contribution < 1.29 is 14.7 Å². The van der Waals surface area contributed by atoms with Crippen LogP contribution < -0.4 is 5.32 Å². The summed E-state index contributed by atoms with van der Waals surface area (Å²) >= 11 is 5.20. The number of alkyl halides is 1. The molecule has 11 heavy (non-hydrogen) atoms. The topological polar surface area (TPSA) is 91.1 Å². The highest BCUT2D eigenvalue weighted by molar-refractivity contribution is 6.18. The molecule has 7 heteroatoms. The molecule has 0 aliphatic heterocycles. The predicted molar refractivity (Wildman–Crippen MR) is 37.0 cm³/mol. The van der Waals surface area contributed by atoms with E-state index in [1.165, 1.54) is 0 Å². The Morgan fingerprint density at radius 3 is 2.55 bits per heavy atom. The maximum Gasteiger partial charge on any atom is 0.450 e. The average molecular weight is 180 g/mol. The van der Waals surface area contributed by atoms with E-state index in [2.05, 4.69) is 15.5 Å². The number of nitrogens with zero attached hydrogens (tertiary/aromatic N) is 2. The lowest BCUT2D eigenvalue weighted by atomic mass is 10.7. The largest absolute Gasteiger partial charge is 0.462 e. The molecule has 0 unspecified atom stereocenters. The van der Waals surface area contributed by atoms with Crippen LogP contribution in [0.3, 0.4) is 0 Å². The Hall–Kier alpha value is -1.17. The molecule has 0 radical (unpaired) electrons. The Morgan fingerprint density at radius 2 is 2.09 bits per heavy atom. The Morgan fingerprint density at radius 1 is 1.45 bits per heavy atom. The molecular weight excluding hydrogens is 174 g/mol. The second-order valence-corrected chi connectivity index (χ2v) is 1.78. The number of nitrogens with one attached hydrogen (secondary N) is 1. The average Bonchev–Trinajstić information content (AvgIpc) is 1.97. The van der Waals surface area contributed by atoms with Crippen LogP contribution >= 0.6 is 11.6 Å². The number of hydrogen-bond donors (Lipinski definition) is 2. The van der Waals surface area contributed by atoms with Crippen LogP contribution in [0.2, 0.25) is 0 Å². The van der Waals surface area contributed by atoms with E-state index >= 15 is 0 Å². The molecule has 3 amide bonds. The molecule has 0 bridgehead atoms. The number of rotatable bonds is 2. The summed E-state index contributed by atoms with van der Waals surface area (Å²) in [4.78, 5) is 20.1. The summed E-state index contributed by atoms with van der Waals surface area (Å²) in [5, 5.41) is 15.5. The molecule has 0 fully saturated rings. The van der Waals surface area contributed by atoms with Crippen LogP contribution in [0.4, 0.5) is 9.59 Å². The quantitative estimate of drug-likeness (QED) is 0.491. The molecule has 0 rings (SSSR count). The number of carbonyl (C=O) groups excluding carboxylic acids is 1. The fraction of sp³-hybridized carbons (Fsp3) is 0.500. The van der Waals surface area contributed by atoms with Gasteiger partial charge < -0.3 is 10.4 Å². The van der Waals surface area contributed by atoms with Crippen molar-refractivity contribution in [2.45, 2.75) is 0 Å². The van der Waals surface area contributed by atoms with Crippen molar-refractivity contribution in [2.24, 2.45) is 10.2 Å². The number of carbonyl (C=O) groups is 2. The maximum atomic E-state index is 10.4. The third-order valence-electron chi connectivity index (χ3n) is 0.597. The second kappa shape index (κ2) is 5.60. The van der Waals surface area contributed by atoms with Gasteiger partial charge in [0.15, 0.2) is 0 Å². The van der Waals surface area contributed by atoms with Crippen molar-refractivity contribution in [3.8, 4) is 0 Å². The van der Waals surface area contributed by atoms with E-state index < -0.39 is 12.1 Å². The number of amides is 3. The van der Waals surface area contributed by atoms with E-state index in [9.17, 15) is 9.59 Å². The van der Waals surface area contributed by atoms with Gasteiger partial charge in [0.05, 0.1) is 0 Å². The lowest BCUT2D eigenvalue weighted by Gasteiger charge is -1.92. The van der Waals surface area contributed by atoms with E-state index in [1.54, 1.807) is 0 Å². The monoisotopic (exact) mass is 179 g/mol. The van der Waals surface area contributed by atoms with E-state index in [1.807, 2.05) is 0 Å². The Balaban J connectivity index is 3.60. The van der Waals surface area contributed by atoms with E-state index in [0.29, 0.717) is 0 Å². The van der Waals surface area contributed by atoms with Gasteiger partial charge in [0.1, 0.15) is 0 Å². The standard InChI is InChI=1S/C4H6ClN3O3/c5-1-2-6-3(9)7-8-4(10)11/h1-2H2,(H,6,9)(H,10,11)/b8-7+. The number of halogens is 1. The minimum atomic E-state index is -1.51. The van der Waals surface area contributed by atoms with Crippen LogP contribution in [-0.2, 0) is 0 Å². The SMILES string of the molecule is O=C(O)/N=N/C(=O)NCCCl. The number of hydrogen-bond acceptors (Lipinski definition) is 2. The summed E-state index contributed by atoms with van der Waals surface area (Å²) in [6.07, 6.45) is -1.51. The summed E-state index contributed by atoms with van der Waals surface area (Å²) < 4.78 is 0. The van der Waals surface area contributed by atoms with Gasteiger partial charge >= 0.3 is 12.1 Å². The summed E-state index contributed by atoms with van der Waals surface area (Å²) in [7, 11) is 0. The van der Waals surface area contributed by atoms with E-state index in [4.69, 9.17) is 16.7 Å². The highest BCUT2D eigenvalue weighted by Gasteiger charge is 1.96. The van der Waals surface area contributed by atoms with Crippen LogP contribution in [0.15, 0.2) is 10.2 Å². The first-order valence-electron chi connectivity index (χ1n) is 2.65. The molecule has 62 valence electrons. The molecule has 0 aliphatic carbocycles. The molecule has 0 atom stereocenters.